The highest BCUT2D eigenvalue weighted by Gasteiger charge is 2.11. The second kappa shape index (κ2) is 6.28. The van der Waals surface area contributed by atoms with Gasteiger partial charge in [-0.3, -0.25) is 4.98 Å². The summed E-state index contributed by atoms with van der Waals surface area (Å²) in [6.45, 7) is 2.10. The zero-order valence-corrected chi connectivity index (χ0v) is 14.1. The summed E-state index contributed by atoms with van der Waals surface area (Å²) in [5.74, 6) is 1.34. The summed E-state index contributed by atoms with van der Waals surface area (Å²) in [6.07, 6.45) is 4.95. The molecule has 25 heavy (non-hydrogen) atoms. The van der Waals surface area contributed by atoms with Crippen LogP contribution in [0.5, 0.6) is 0 Å². The van der Waals surface area contributed by atoms with Crippen molar-refractivity contribution in [3.8, 4) is 22.6 Å². The highest BCUT2D eigenvalue weighted by atomic mass is 15.0. The number of hydrogen-bond donors (Lipinski definition) is 1. The molecule has 4 aromatic rings. The molecule has 2 heterocycles. The van der Waals surface area contributed by atoms with Gasteiger partial charge >= 0.3 is 0 Å². The molecule has 1 N–H and O–H groups in total. The fraction of sp³-hybridized carbons (Fsp3) is 0.100. The van der Waals surface area contributed by atoms with Crippen LogP contribution in [0.15, 0.2) is 61.1 Å². The first-order valence-electron chi connectivity index (χ1n) is 8.07. The van der Waals surface area contributed by atoms with Gasteiger partial charge in [-0.1, -0.05) is 35.9 Å². The number of nitrogens with zero attached hydrogens (tertiary/aromatic N) is 4. The lowest BCUT2D eigenvalue weighted by Gasteiger charge is -2.10. The van der Waals surface area contributed by atoms with Crippen LogP contribution >= 0.6 is 0 Å². The number of benzene rings is 2. The second-order valence-corrected chi connectivity index (χ2v) is 5.84. The molecule has 0 aliphatic rings. The van der Waals surface area contributed by atoms with Crippen molar-refractivity contribution in [2.75, 3.05) is 12.4 Å². The van der Waals surface area contributed by atoms with Crippen molar-refractivity contribution in [3.05, 3.63) is 66.6 Å². The van der Waals surface area contributed by atoms with Crippen LogP contribution in [0, 0.1) is 6.92 Å². The summed E-state index contributed by atoms with van der Waals surface area (Å²) in [4.78, 5) is 17.7. The normalized spacial score (nSPS) is 10.8. The molecule has 0 spiro atoms. The van der Waals surface area contributed by atoms with Gasteiger partial charge in [-0.15, -0.1) is 0 Å². The molecule has 5 heteroatoms. The van der Waals surface area contributed by atoms with Gasteiger partial charge in [-0.2, -0.15) is 0 Å². The van der Waals surface area contributed by atoms with Crippen molar-refractivity contribution in [2.24, 2.45) is 0 Å². The average molecular weight is 327 g/mol. The number of nitrogens with one attached hydrogen (secondary N) is 1. The van der Waals surface area contributed by atoms with Gasteiger partial charge in [0.25, 0.3) is 0 Å². The molecular formula is C20H17N5. The van der Waals surface area contributed by atoms with E-state index in [0.717, 1.165) is 22.3 Å². The zero-order valence-electron chi connectivity index (χ0n) is 14.1. The van der Waals surface area contributed by atoms with E-state index in [1.807, 2.05) is 7.05 Å². The van der Waals surface area contributed by atoms with Crippen molar-refractivity contribution in [1.29, 1.82) is 0 Å². The molecule has 0 unspecified atom stereocenters. The van der Waals surface area contributed by atoms with Crippen molar-refractivity contribution in [1.82, 2.24) is 19.9 Å². The van der Waals surface area contributed by atoms with Gasteiger partial charge in [0.15, 0.2) is 5.82 Å². The lowest BCUT2D eigenvalue weighted by atomic mass is 10.0. The Morgan fingerprint density at radius 1 is 0.920 bits per heavy atom. The van der Waals surface area contributed by atoms with Crippen LogP contribution in [0.1, 0.15) is 5.56 Å². The standard InChI is InChI=1S/C20H17N5/c1-13-4-3-5-14(10-13)15-6-7-16-17(11-15)24-20(25-19(16)21-2)18-12-22-8-9-23-18/h3-12H,1-2H3,(H,21,24,25). The van der Waals surface area contributed by atoms with Crippen molar-refractivity contribution >= 4 is 16.7 Å². The minimum absolute atomic E-state index is 0.561. The molecule has 0 aliphatic carbocycles. The summed E-state index contributed by atoms with van der Waals surface area (Å²) < 4.78 is 0. The summed E-state index contributed by atoms with van der Waals surface area (Å²) in [6, 6.07) is 14.7. The quantitative estimate of drug-likeness (QED) is 0.613. The molecule has 0 saturated heterocycles. The number of anilines is 1. The number of fused-ring (bicyclic) bond motifs is 1. The van der Waals surface area contributed by atoms with Gasteiger partial charge in [0.2, 0.25) is 0 Å². The first-order valence-corrected chi connectivity index (χ1v) is 8.07. The first-order chi connectivity index (χ1) is 12.2. The van der Waals surface area contributed by atoms with Crippen LogP contribution < -0.4 is 5.32 Å². The third-order valence-corrected chi connectivity index (χ3v) is 4.08. The second-order valence-electron chi connectivity index (χ2n) is 5.84. The molecule has 0 radical (unpaired) electrons. The molecule has 0 atom stereocenters. The molecule has 0 amide bonds. The Morgan fingerprint density at radius 3 is 2.56 bits per heavy atom. The van der Waals surface area contributed by atoms with Crippen LogP contribution in [0.2, 0.25) is 0 Å². The minimum Gasteiger partial charge on any atom is -0.373 e. The molecule has 0 saturated carbocycles. The van der Waals surface area contributed by atoms with Crippen LogP contribution in [0.25, 0.3) is 33.5 Å². The van der Waals surface area contributed by atoms with Crippen LogP contribution in [0.3, 0.4) is 0 Å². The molecule has 122 valence electrons. The highest BCUT2D eigenvalue weighted by Crippen LogP contribution is 2.28. The third-order valence-electron chi connectivity index (χ3n) is 4.08. The summed E-state index contributed by atoms with van der Waals surface area (Å²) in [7, 11) is 1.86. The van der Waals surface area contributed by atoms with E-state index in [-0.39, 0.29) is 0 Å². The van der Waals surface area contributed by atoms with Crippen molar-refractivity contribution in [3.63, 3.8) is 0 Å². The SMILES string of the molecule is CNc1nc(-c2cnccn2)nc2cc(-c3cccc(C)c3)ccc12. The fourth-order valence-corrected chi connectivity index (χ4v) is 2.85. The number of aromatic nitrogens is 4. The predicted molar refractivity (Wildman–Crippen MR) is 100 cm³/mol. The van der Waals surface area contributed by atoms with Crippen LogP contribution in [-0.4, -0.2) is 27.0 Å². The van der Waals surface area contributed by atoms with E-state index < -0.39 is 0 Å². The molecule has 5 nitrogen and oxygen atoms in total. The Labute approximate surface area is 145 Å². The fourth-order valence-electron chi connectivity index (χ4n) is 2.85. The molecule has 2 aromatic carbocycles. The van der Waals surface area contributed by atoms with Gasteiger partial charge in [0.05, 0.1) is 11.7 Å². The van der Waals surface area contributed by atoms with E-state index >= 15 is 0 Å². The Morgan fingerprint density at radius 2 is 1.80 bits per heavy atom. The number of hydrogen-bond acceptors (Lipinski definition) is 5. The Kier molecular flexibility index (Phi) is 3.82. The maximum absolute atomic E-state index is 4.71. The first kappa shape index (κ1) is 15.2. The maximum Gasteiger partial charge on any atom is 0.182 e. The van der Waals surface area contributed by atoms with E-state index in [1.165, 1.54) is 11.1 Å². The monoisotopic (exact) mass is 327 g/mol. The molecule has 2 aromatic heterocycles. The summed E-state index contributed by atoms with van der Waals surface area (Å²) in [5, 5.41) is 4.13. The van der Waals surface area contributed by atoms with E-state index in [9.17, 15) is 0 Å². The summed E-state index contributed by atoms with van der Waals surface area (Å²) in [5.41, 5.74) is 5.06. The molecule has 0 aliphatic heterocycles. The smallest absolute Gasteiger partial charge is 0.182 e. The van der Waals surface area contributed by atoms with E-state index in [2.05, 4.69) is 69.7 Å². The van der Waals surface area contributed by atoms with Gasteiger partial charge in [0, 0.05) is 24.8 Å². The lowest BCUT2D eigenvalue weighted by Crippen LogP contribution is -2.00. The van der Waals surface area contributed by atoms with Gasteiger partial charge < -0.3 is 5.32 Å². The minimum atomic E-state index is 0.561. The van der Waals surface area contributed by atoms with Gasteiger partial charge in [-0.25, -0.2) is 15.0 Å². The molecular weight excluding hydrogens is 310 g/mol. The molecule has 0 fully saturated rings. The third kappa shape index (κ3) is 2.92. The van der Waals surface area contributed by atoms with Gasteiger partial charge in [-0.05, 0) is 30.2 Å². The lowest BCUT2D eigenvalue weighted by molar-refractivity contribution is 1.13. The molecule has 0 bridgehead atoms. The van der Waals surface area contributed by atoms with E-state index in [4.69, 9.17) is 4.98 Å². The maximum atomic E-state index is 4.71. The Hall–Kier alpha value is -3.34. The Bertz CT molecular complexity index is 1040. The predicted octanol–water partition coefficient (Wildman–Crippen LogP) is 4.10. The summed E-state index contributed by atoms with van der Waals surface area (Å²) >= 11 is 0. The van der Waals surface area contributed by atoms with Gasteiger partial charge in [0.1, 0.15) is 11.5 Å². The average Bonchev–Trinajstić information content (AvgIpc) is 2.67. The topological polar surface area (TPSA) is 63.6 Å². The van der Waals surface area contributed by atoms with Crippen LogP contribution in [-0.2, 0) is 0 Å². The van der Waals surface area contributed by atoms with Crippen LogP contribution in [0.4, 0.5) is 5.82 Å². The largest absolute Gasteiger partial charge is 0.373 e. The zero-order chi connectivity index (χ0) is 17.2. The molecule has 4 rings (SSSR count). The van der Waals surface area contributed by atoms with E-state index in [1.54, 1.807) is 18.6 Å². The number of rotatable bonds is 3. The van der Waals surface area contributed by atoms with Crippen molar-refractivity contribution in [2.45, 2.75) is 6.92 Å². The Balaban J connectivity index is 1.91. The van der Waals surface area contributed by atoms with Crippen molar-refractivity contribution < 1.29 is 0 Å². The number of aryl methyl sites for hydroxylation is 1. The van der Waals surface area contributed by atoms with E-state index in [0.29, 0.717) is 11.5 Å². The highest BCUT2D eigenvalue weighted by molar-refractivity contribution is 5.93.